The van der Waals surface area contributed by atoms with Crippen molar-refractivity contribution in [3.05, 3.63) is 259 Å². The van der Waals surface area contributed by atoms with E-state index in [1.807, 2.05) is 6.07 Å². The van der Waals surface area contributed by atoms with Crippen LogP contribution >= 0.6 is 0 Å². The molecule has 10 aromatic carbocycles. The lowest BCUT2D eigenvalue weighted by Crippen LogP contribution is -2.25. The molecule has 0 radical (unpaired) electrons. The molecule has 3 nitrogen and oxygen atoms in total. The zero-order valence-corrected chi connectivity index (χ0v) is 35.4. The summed E-state index contributed by atoms with van der Waals surface area (Å²) in [5, 5.41) is 2.24. The van der Waals surface area contributed by atoms with Gasteiger partial charge in [0.2, 0.25) is 0 Å². The van der Waals surface area contributed by atoms with E-state index >= 15 is 0 Å². The van der Waals surface area contributed by atoms with Crippen molar-refractivity contribution in [2.45, 2.75) is 5.41 Å². The number of benzene rings is 10. The Labute approximate surface area is 378 Å². The van der Waals surface area contributed by atoms with Gasteiger partial charge in [0, 0.05) is 16.7 Å². The molecule has 2 aliphatic carbocycles. The Morgan fingerprint density at radius 3 is 1.43 bits per heavy atom. The van der Waals surface area contributed by atoms with Crippen molar-refractivity contribution in [1.82, 2.24) is 15.0 Å². The average Bonchev–Trinajstić information content (AvgIpc) is 3.86. The Morgan fingerprint density at radius 2 is 0.708 bits per heavy atom. The second-order valence-corrected chi connectivity index (χ2v) is 17.0. The summed E-state index contributed by atoms with van der Waals surface area (Å²) in [6, 6.07) is 85.2. The molecule has 1 aromatic heterocycles. The molecule has 0 saturated heterocycles. The molecule has 0 saturated carbocycles. The predicted molar refractivity (Wildman–Crippen MR) is 266 cm³/mol. The SMILES string of the molecule is c1ccc(-c2ccc(-c3nc(-c4ccc(-c5cccc6c5-c5ccccc5C65c6ccccc6-c6ccccc65)c(-c5ccccc5)c4)nc(-c4cccc5ccccc45)n3)cc2)cc1. The van der Waals surface area contributed by atoms with Gasteiger partial charge in [-0.05, 0) is 94.7 Å². The topological polar surface area (TPSA) is 38.7 Å². The minimum Gasteiger partial charge on any atom is -0.208 e. The van der Waals surface area contributed by atoms with E-state index in [0.29, 0.717) is 17.5 Å². The van der Waals surface area contributed by atoms with Crippen molar-refractivity contribution in [2.24, 2.45) is 0 Å². The molecule has 0 bridgehead atoms. The second kappa shape index (κ2) is 14.8. The molecule has 1 spiro atoms. The number of hydrogen-bond acceptors (Lipinski definition) is 3. The zero-order valence-electron chi connectivity index (χ0n) is 35.4. The third-order valence-corrected chi connectivity index (χ3v) is 13.6. The van der Waals surface area contributed by atoms with Crippen molar-refractivity contribution in [1.29, 1.82) is 0 Å². The van der Waals surface area contributed by atoms with E-state index < -0.39 is 5.41 Å². The normalized spacial score (nSPS) is 12.7. The predicted octanol–water partition coefficient (Wildman–Crippen LogP) is 15.4. The molecular weight excluding hydrogens is 787 g/mol. The van der Waals surface area contributed by atoms with Crippen LogP contribution in [-0.2, 0) is 5.41 Å². The summed E-state index contributed by atoms with van der Waals surface area (Å²) in [5.74, 6) is 1.89. The van der Waals surface area contributed by atoms with Gasteiger partial charge in [0.1, 0.15) is 0 Å². The van der Waals surface area contributed by atoms with E-state index in [9.17, 15) is 0 Å². The Bertz CT molecular complexity index is 3600. The van der Waals surface area contributed by atoms with Gasteiger partial charge in [0.15, 0.2) is 17.5 Å². The summed E-state index contributed by atoms with van der Waals surface area (Å²) in [6.45, 7) is 0. The maximum atomic E-state index is 5.31. The molecule has 0 atom stereocenters. The third kappa shape index (κ3) is 5.72. The van der Waals surface area contributed by atoms with Gasteiger partial charge >= 0.3 is 0 Å². The first-order valence-corrected chi connectivity index (χ1v) is 22.3. The summed E-state index contributed by atoms with van der Waals surface area (Å²) in [4.78, 5) is 15.8. The first-order valence-electron chi connectivity index (χ1n) is 22.3. The van der Waals surface area contributed by atoms with Gasteiger partial charge in [-0.25, -0.2) is 15.0 Å². The largest absolute Gasteiger partial charge is 0.208 e. The van der Waals surface area contributed by atoms with Gasteiger partial charge in [0.05, 0.1) is 5.41 Å². The molecule has 0 fully saturated rings. The lowest BCUT2D eigenvalue weighted by molar-refractivity contribution is 0.794. The van der Waals surface area contributed by atoms with Crippen LogP contribution in [0.15, 0.2) is 237 Å². The molecule has 302 valence electrons. The highest BCUT2D eigenvalue weighted by atomic mass is 15.0. The quantitative estimate of drug-likeness (QED) is 0.168. The van der Waals surface area contributed by atoms with E-state index in [1.54, 1.807) is 0 Å². The highest BCUT2D eigenvalue weighted by molar-refractivity contribution is 6.02. The number of rotatable bonds is 6. The Hall–Kier alpha value is -8.53. The lowest BCUT2D eigenvalue weighted by Gasteiger charge is -2.30. The number of nitrogens with zero attached hydrogens (tertiary/aromatic N) is 3. The van der Waals surface area contributed by atoms with Gasteiger partial charge in [0.25, 0.3) is 0 Å². The molecule has 0 amide bonds. The van der Waals surface area contributed by atoms with Crippen molar-refractivity contribution in [3.63, 3.8) is 0 Å². The van der Waals surface area contributed by atoms with E-state index in [-0.39, 0.29) is 0 Å². The maximum Gasteiger partial charge on any atom is 0.164 e. The van der Waals surface area contributed by atoms with Crippen molar-refractivity contribution in [3.8, 4) is 89.8 Å². The molecular formula is C62H39N3. The van der Waals surface area contributed by atoms with Crippen molar-refractivity contribution in [2.75, 3.05) is 0 Å². The molecule has 3 heteroatoms. The summed E-state index contributed by atoms with van der Waals surface area (Å²) >= 11 is 0. The molecule has 0 unspecified atom stereocenters. The lowest BCUT2D eigenvalue weighted by atomic mass is 9.70. The van der Waals surface area contributed by atoms with Crippen LogP contribution in [0.25, 0.3) is 101 Å². The molecule has 11 aromatic rings. The van der Waals surface area contributed by atoms with E-state index in [1.165, 1.54) is 55.6 Å². The fourth-order valence-corrected chi connectivity index (χ4v) is 10.8. The van der Waals surface area contributed by atoms with Crippen LogP contribution in [0.4, 0.5) is 0 Å². The first kappa shape index (κ1) is 37.1. The Kier molecular flexibility index (Phi) is 8.44. The molecule has 65 heavy (non-hydrogen) atoms. The molecule has 0 aliphatic heterocycles. The van der Waals surface area contributed by atoms with Crippen molar-refractivity contribution < 1.29 is 0 Å². The van der Waals surface area contributed by atoms with E-state index in [4.69, 9.17) is 15.0 Å². The fourth-order valence-electron chi connectivity index (χ4n) is 10.8. The third-order valence-electron chi connectivity index (χ3n) is 13.6. The van der Waals surface area contributed by atoms with Crippen LogP contribution in [0, 0.1) is 0 Å². The van der Waals surface area contributed by atoms with Crippen LogP contribution in [0.1, 0.15) is 22.3 Å². The van der Waals surface area contributed by atoms with Crippen LogP contribution in [0.2, 0.25) is 0 Å². The molecule has 0 N–H and O–H groups in total. The summed E-state index contributed by atoms with van der Waals surface area (Å²) in [6.07, 6.45) is 0. The minimum atomic E-state index is -0.430. The van der Waals surface area contributed by atoms with E-state index in [0.717, 1.165) is 49.7 Å². The van der Waals surface area contributed by atoms with Gasteiger partial charge in [-0.2, -0.15) is 0 Å². The molecule has 2 aliphatic rings. The average molecular weight is 826 g/mol. The van der Waals surface area contributed by atoms with Crippen LogP contribution in [0.5, 0.6) is 0 Å². The van der Waals surface area contributed by atoms with E-state index in [2.05, 4.69) is 231 Å². The summed E-state index contributed by atoms with van der Waals surface area (Å²) < 4.78 is 0. The summed E-state index contributed by atoms with van der Waals surface area (Å²) in [5.41, 5.74) is 19.8. The van der Waals surface area contributed by atoms with Crippen LogP contribution < -0.4 is 0 Å². The smallest absolute Gasteiger partial charge is 0.164 e. The Balaban J connectivity index is 1.02. The molecule has 1 heterocycles. The summed E-state index contributed by atoms with van der Waals surface area (Å²) in [7, 11) is 0. The first-order chi connectivity index (χ1) is 32.2. The van der Waals surface area contributed by atoms with Gasteiger partial charge in [-0.3, -0.25) is 0 Å². The fraction of sp³-hybridized carbons (Fsp3) is 0.0161. The number of hydrogen-bond donors (Lipinski definition) is 0. The van der Waals surface area contributed by atoms with Crippen LogP contribution in [0.3, 0.4) is 0 Å². The van der Waals surface area contributed by atoms with Crippen LogP contribution in [-0.4, -0.2) is 15.0 Å². The minimum absolute atomic E-state index is 0.430. The zero-order chi connectivity index (χ0) is 42.9. The number of aromatic nitrogens is 3. The maximum absolute atomic E-state index is 5.31. The standard InChI is InChI=1S/C62H39N3/c1-3-17-40(18-4-1)41-33-35-44(36-34-41)59-63-60(65-61(64-59)51-28-15-22-42-21-7-8-23-46(42)51)45-37-38-47(53(39-45)43-19-5-2-6-20-43)50-27-16-32-57-58(50)52-26-11-14-31-56(52)62(57)54-29-12-9-24-48(54)49-25-10-13-30-55(49)62/h1-39H. The van der Waals surface area contributed by atoms with Gasteiger partial charge in [-0.1, -0.05) is 231 Å². The van der Waals surface area contributed by atoms with Gasteiger partial charge in [-0.15, -0.1) is 0 Å². The second-order valence-electron chi connectivity index (χ2n) is 17.0. The number of fused-ring (bicyclic) bond motifs is 11. The monoisotopic (exact) mass is 825 g/mol. The Morgan fingerprint density at radius 1 is 0.246 bits per heavy atom. The van der Waals surface area contributed by atoms with Crippen molar-refractivity contribution >= 4 is 10.8 Å². The molecule has 13 rings (SSSR count). The highest BCUT2D eigenvalue weighted by Gasteiger charge is 2.52. The van der Waals surface area contributed by atoms with Gasteiger partial charge < -0.3 is 0 Å². The highest BCUT2D eigenvalue weighted by Crippen LogP contribution is 2.64.